The van der Waals surface area contributed by atoms with Crippen molar-refractivity contribution in [2.75, 3.05) is 10.5 Å². The first kappa shape index (κ1) is 22.9. The van der Waals surface area contributed by atoms with Gasteiger partial charge in [0.1, 0.15) is 21.4 Å². The van der Waals surface area contributed by atoms with Gasteiger partial charge in [-0.2, -0.15) is 0 Å². The SMILES string of the molecule is CCCS(=N)(=O)Nc1ccc(F)c(C(=O)c2c[nH]c3ncc(-c4ccc(Cl)cc4)cc23)c1F. The Kier molecular flexibility index (Phi) is 6.18. The van der Waals surface area contributed by atoms with Gasteiger partial charge in [-0.1, -0.05) is 30.7 Å². The van der Waals surface area contributed by atoms with Crippen LogP contribution < -0.4 is 4.72 Å². The van der Waals surface area contributed by atoms with Gasteiger partial charge in [0.05, 0.1) is 11.3 Å². The van der Waals surface area contributed by atoms with Crippen LogP contribution in [0.15, 0.2) is 54.9 Å². The molecule has 4 aromatic rings. The zero-order valence-electron chi connectivity index (χ0n) is 17.4. The molecule has 0 amide bonds. The van der Waals surface area contributed by atoms with Gasteiger partial charge < -0.3 is 4.98 Å². The molecule has 0 aliphatic heterocycles. The summed E-state index contributed by atoms with van der Waals surface area (Å²) in [4.78, 5) is 20.4. The molecule has 0 bridgehead atoms. The van der Waals surface area contributed by atoms with E-state index in [2.05, 4.69) is 14.7 Å². The molecule has 3 N–H and O–H groups in total. The third kappa shape index (κ3) is 4.60. The highest BCUT2D eigenvalue weighted by Gasteiger charge is 2.25. The molecule has 0 spiro atoms. The first-order valence-corrected chi connectivity index (χ1v) is 12.1. The summed E-state index contributed by atoms with van der Waals surface area (Å²) in [6, 6.07) is 10.7. The number of aromatic nitrogens is 2. The molecule has 0 saturated carbocycles. The Morgan fingerprint density at radius 1 is 1.18 bits per heavy atom. The first-order valence-electron chi connectivity index (χ1n) is 10.00. The number of nitrogens with one attached hydrogen (secondary N) is 3. The zero-order chi connectivity index (χ0) is 23.8. The predicted octanol–water partition coefficient (Wildman–Crippen LogP) is 6.18. The largest absolute Gasteiger partial charge is 0.345 e. The van der Waals surface area contributed by atoms with E-state index in [0.29, 0.717) is 28.0 Å². The van der Waals surface area contributed by atoms with Crippen molar-refractivity contribution in [3.05, 3.63) is 82.6 Å². The van der Waals surface area contributed by atoms with Crippen LogP contribution in [0.25, 0.3) is 22.2 Å². The Hall–Kier alpha value is -3.30. The summed E-state index contributed by atoms with van der Waals surface area (Å²) in [6.45, 7) is 1.73. The molecule has 6 nitrogen and oxygen atoms in total. The molecule has 0 aliphatic rings. The number of halogens is 3. The molecule has 0 fully saturated rings. The molecule has 33 heavy (non-hydrogen) atoms. The number of hydrogen-bond acceptors (Lipinski definition) is 4. The van der Waals surface area contributed by atoms with Crippen LogP contribution >= 0.6 is 11.6 Å². The lowest BCUT2D eigenvalue weighted by atomic mass is 10.00. The van der Waals surface area contributed by atoms with Crippen LogP contribution in [0.1, 0.15) is 29.3 Å². The molecule has 0 radical (unpaired) electrons. The number of carbonyl (C=O) groups is 1. The van der Waals surface area contributed by atoms with E-state index in [1.807, 2.05) is 0 Å². The van der Waals surface area contributed by atoms with Gasteiger partial charge in [-0.25, -0.2) is 22.8 Å². The number of anilines is 1. The highest BCUT2D eigenvalue weighted by atomic mass is 35.5. The number of nitrogens with zero attached hydrogens (tertiary/aromatic N) is 1. The van der Waals surface area contributed by atoms with Crippen molar-refractivity contribution in [2.24, 2.45) is 0 Å². The van der Waals surface area contributed by atoms with E-state index < -0.39 is 32.9 Å². The maximum absolute atomic E-state index is 15.2. The van der Waals surface area contributed by atoms with Gasteiger partial charge in [0.2, 0.25) is 5.78 Å². The summed E-state index contributed by atoms with van der Waals surface area (Å²) in [5, 5.41) is 0.958. The maximum Gasteiger partial charge on any atom is 0.201 e. The smallest absolute Gasteiger partial charge is 0.201 e. The van der Waals surface area contributed by atoms with Crippen LogP contribution in [0.4, 0.5) is 14.5 Å². The molecule has 2 aromatic heterocycles. The summed E-state index contributed by atoms with van der Waals surface area (Å²) in [6.07, 6.45) is 3.39. The molecule has 0 aliphatic carbocycles. The van der Waals surface area contributed by atoms with Crippen molar-refractivity contribution in [2.45, 2.75) is 13.3 Å². The van der Waals surface area contributed by atoms with E-state index in [1.54, 1.807) is 43.5 Å². The van der Waals surface area contributed by atoms with Gasteiger partial charge in [0, 0.05) is 39.7 Å². The first-order chi connectivity index (χ1) is 15.7. The van der Waals surface area contributed by atoms with E-state index in [4.69, 9.17) is 16.4 Å². The third-order valence-electron chi connectivity index (χ3n) is 5.04. The molecule has 2 heterocycles. The van der Waals surface area contributed by atoms with Gasteiger partial charge in [-0.15, -0.1) is 0 Å². The van der Waals surface area contributed by atoms with Crippen LogP contribution in [0.3, 0.4) is 0 Å². The monoisotopic (exact) mass is 488 g/mol. The molecule has 1 atom stereocenters. The van der Waals surface area contributed by atoms with E-state index in [1.165, 1.54) is 6.20 Å². The molecule has 4 rings (SSSR count). The molecule has 1 unspecified atom stereocenters. The number of hydrogen-bond donors (Lipinski definition) is 3. The van der Waals surface area contributed by atoms with Gasteiger partial charge in [-0.3, -0.25) is 9.52 Å². The van der Waals surface area contributed by atoms with Crippen molar-refractivity contribution >= 4 is 44.0 Å². The lowest BCUT2D eigenvalue weighted by Crippen LogP contribution is -2.17. The second-order valence-corrected chi connectivity index (χ2v) is 9.82. The van der Waals surface area contributed by atoms with Crippen LogP contribution in [0.5, 0.6) is 0 Å². The van der Waals surface area contributed by atoms with Crippen LogP contribution in [-0.4, -0.2) is 25.7 Å². The average molecular weight is 489 g/mol. The topological polar surface area (TPSA) is 98.7 Å². The van der Waals surface area contributed by atoms with Crippen molar-refractivity contribution in [3.63, 3.8) is 0 Å². The number of benzene rings is 2. The normalized spacial score (nSPS) is 13.1. The lowest BCUT2D eigenvalue weighted by Gasteiger charge is -2.13. The predicted molar refractivity (Wildman–Crippen MR) is 126 cm³/mol. The van der Waals surface area contributed by atoms with Crippen molar-refractivity contribution in [3.8, 4) is 11.1 Å². The average Bonchev–Trinajstić information content (AvgIpc) is 3.19. The summed E-state index contributed by atoms with van der Waals surface area (Å²) in [5.41, 5.74) is 0.736. The fraction of sp³-hybridized carbons (Fsp3) is 0.130. The highest BCUT2D eigenvalue weighted by molar-refractivity contribution is 7.93. The molecular weight excluding hydrogens is 470 g/mol. The molecule has 0 saturated heterocycles. The van der Waals surface area contributed by atoms with Gasteiger partial charge in [0.15, 0.2) is 5.82 Å². The van der Waals surface area contributed by atoms with E-state index in [0.717, 1.165) is 17.7 Å². The number of H-pyrrole nitrogens is 1. The van der Waals surface area contributed by atoms with Crippen LogP contribution in [0.2, 0.25) is 5.02 Å². The number of carbonyl (C=O) groups excluding carboxylic acids is 1. The maximum atomic E-state index is 15.2. The van der Waals surface area contributed by atoms with Crippen molar-refractivity contribution < 1.29 is 17.8 Å². The van der Waals surface area contributed by atoms with E-state index in [9.17, 15) is 13.4 Å². The lowest BCUT2D eigenvalue weighted by molar-refractivity contribution is 0.103. The Labute approximate surface area is 194 Å². The molecule has 170 valence electrons. The second kappa shape index (κ2) is 8.92. The minimum Gasteiger partial charge on any atom is -0.345 e. The Morgan fingerprint density at radius 3 is 2.61 bits per heavy atom. The highest BCUT2D eigenvalue weighted by Crippen LogP contribution is 2.30. The van der Waals surface area contributed by atoms with E-state index >= 15 is 4.39 Å². The number of ketones is 1. The fourth-order valence-electron chi connectivity index (χ4n) is 3.48. The van der Waals surface area contributed by atoms with E-state index in [-0.39, 0.29) is 17.0 Å². The summed E-state index contributed by atoms with van der Waals surface area (Å²) in [5.74, 6) is -3.19. The number of fused-ring (bicyclic) bond motifs is 1. The quantitative estimate of drug-likeness (QED) is 0.271. The number of aromatic amines is 1. The summed E-state index contributed by atoms with van der Waals surface area (Å²) >= 11 is 5.94. The van der Waals surface area contributed by atoms with Crippen molar-refractivity contribution in [1.82, 2.24) is 9.97 Å². The Bertz CT molecular complexity index is 1470. The molecular formula is C23H19ClF2N4O2S. The minimum atomic E-state index is -3.34. The minimum absolute atomic E-state index is 0.0192. The molecule has 2 aromatic carbocycles. The second-order valence-electron chi connectivity index (χ2n) is 7.42. The Balaban J connectivity index is 1.78. The summed E-state index contributed by atoms with van der Waals surface area (Å²) < 4.78 is 52.1. The van der Waals surface area contributed by atoms with Crippen LogP contribution in [0, 0.1) is 16.4 Å². The number of pyridine rings is 1. The van der Waals surface area contributed by atoms with Gasteiger partial charge in [0.25, 0.3) is 0 Å². The molecule has 10 heteroatoms. The van der Waals surface area contributed by atoms with Gasteiger partial charge >= 0.3 is 0 Å². The zero-order valence-corrected chi connectivity index (χ0v) is 19.0. The van der Waals surface area contributed by atoms with Gasteiger partial charge in [-0.05, 0) is 42.3 Å². The van der Waals surface area contributed by atoms with Crippen LogP contribution in [-0.2, 0) is 9.92 Å². The van der Waals surface area contributed by atoms with Crippen molar-refractivity contribution in [1.29, 1.82) is 4.78 Å². The number of rotatable bonds is 7. The Morgan fingerprint density at radius 2 is 1.91 bits per heavy atom. The fourth-order valence-corrected chi connectivity index (χ4v) is 4.80. The third-order valence-corrected chi connectivity index (χ3v) is 6.82. The standard InChI is InChI=1S/C23H19ClF2N4O2S/c1-2-9-33(27,32)30-19-8-7-18(25)20(21(19)26)22(31)17-12-29-23-16(17)10-14(11-28-23)13-3-5-15(24)6-4-13/h3-8,10-12H,2,9H2,1H3,(H,28,29)(H2,27,30,32). The summed E-state index contributed by atoms with van der Waals surface area (Å²) in [7, 11) is -3.34.